The molecule has 0 aliphatic carbocycles. The molecular formula is C5H10N. The van der Waals surface area contributed by atoms with Crippen LogP contribution in [0.15, 0.2) is 0 Å². The molecule has 0 spiro atoms. The lowest BCUT2D eigenvalue weighted by Gasteiger charge is -2.05. The summed E-state index contributed by atoms with van der Waals surface area (Å²) in [7, 11) is 6.90. The first-order chi connectivity index (χ1) is 2.81. The summed E-state index contributed by atoms with van der Waals surface area (Å²) in [5.41, 5.74) is 0. The van der Waals surface area contributed by atoms with Crippen molar-refractivity contribution in [3.05, 3.63) is 7.05 Å². The molecule has 0 saturated heterocycles. The first kappa shape index (κ1) is 5.96. The zero-order chi connectivity index (χ0) is 4.99. The van der Waals surface area contributed by atoms with Gasteiger partial charge in [-0.05, 0) is 13.1 Å². The van der Waals surface area contributed by atoms with E-state index in [0.29, 0.717) is 0 Å². The molecule has 0 saturated carbocycles. The Morgan fingerprint density at radius 2 is 1.67 bits per heavy atom. The van der Waals surface area contributed by atoms with Crippen molar-refractivity contribution in [2.45, 2.75) is 13.8 Å². The van der Waals surface area contributed by atoms with E-state index in [2.05, 4.69) is 0 Å². The summed E-state index contributed by atoms with van der Waals surface area (Å²) in [6, 6.07) is 0. The third-order valence-electron chi connectivity index (χ3n) is 0.763. The maximum atomic E-state index is 6.90. The van der Waals surface area contributed by atoms with Gasteiger partial charge in [0.25, 0.3) is 0 Å². The smallest absolute Gasteiger partial charge is 0.0882 e. The second-order valence-electron chi connectivity index (χ2n) is 1.17. The standard InChI is InChI=1S/C5H10N/c1-4-6(3)5-2/h4-5H2,1-2H3. The highest BCUT2D eigenvalue weighted by Crippen LogP contribution is 1.76. The van der Waals surface area contributed by atoms with E-state index in [-0.39, 0.29) is 0 Å². The summed E-state index contributed by atoms with van der Waals surface area (Å²) in [5.74, 6) is 0. The SMILES string of the molecule is [C]N(CC)CC. The fourth-order valence-corrected chi connectivity index (χ4v) is 0.224. The third kappa shape index (κ3) is 2.21. The molecule has 0 heterocycles. The molecule has 0 fully saturated rings. The molecule has 3 radical (unpaired) electrons. The van der Waals surface area contributed by atoms with Crippen LogP contribution in [0.2, 0.25) is 0 Å². The maximum Gasteiger partial charge on any atom is 0.0882 e. The van der Waals surface area contributed by atoms with Crippen LogP contribution in [0.5, 0.6) is 0 Å². The Labute approximate surface area is 40.0 Å². The van der Waals surface area contributed by atoms with Crippen molar-refractivity contribution in [3.63, 3.8) is 0 Å². The van der Waals surface area contributed by atoms with Crippen LogP contribution in [0, 0.1) is 7.05 Å². The van der Waals surface area contributed by atoms with Crippen molar-refractivity contribution < 1.29 is 0 Å². The predicted octanol–water partition coefficient (Wildman–Crippen LogP) is 0.874. The van der Waals surface area contributed by atoms with Crippen LogP contribution in [0.3, 0.4) is 0 Å². The lowest BCUT2D eigenvalue weighted by Crippen LogP contribution is -2.12. The first-order valence-corrected chi connectivity index (χ1v) is 2.27. The van der Waals surface area contributed by atoms with E-state index in [4.69, 9.17) is 7.05 Å². The number of nitrogens with zero attached hydrogens (tertiary/aromatic N) is 1. The number of rotatable bonds is 2. The summed E-state index contributed by atoms with van der Waals surface area (Å²) in [5, 5.41) is 0. The summed E-state index contributed by atoms with van der Waals surface area (Å²) in [6.07, 6.45) is 0. The van der Waals surface area contributed by atoms with Crippen LogP contribution in [-0.2, 0) is 0 Å². The molecule has 0 unspecified atom stereocenters. The fraction of sp³-hybridized carbons (Fsp3) is 0.800. The summed E-state index contributed by atoms with van der Waals surface area (Å²) in [6.45, 7) is 5.60. The average Bonchev–Trinajstić information content (AvgIpc) is 1.65. The van der Waals surface area contributed by atoms with Crippen LogP contribution in [-0.4, -0.2) is 18.0 Å². The average molecular weight is 84.1 g/mol. The number of hydrogen-bond acceptors (Lipinski definition) is 1. The van der Waals surface area contributed by atoms with Gasteiger partial charge in [-0.3, -0.25) is 4.90 Å². The zero-order valence-corrected chi connectivity index (χ0v) is 4.36. The second kappa shape index (κ2) is 3.16. The lowest BCUT2D eigenvalue weighted by molar-refractivity contribution is 0.413. The molecule has 1 nitrogen and oxygen atoms in total. The highest BCUT2D eigenvalue weighted by atomic mass is 15.1. The van der Waals surface area contributed by atoms with Gasteiger partial charge < -0.3 is 0 Å². The Morgan fingerprint density at radius 1 is 1.33 bits per heavy atom. The van der Waals surface area contributed by atoms with Crippen molar-refractivity contribution in [3.8, 4) is 0 Å². The summed E-state index contributed by atoms with van der Waals surface area (Å²) < 4.78 is 0. The second-order valence-corrected chi connectivity index (χ2v) is 1.17. The van der Waals surface area contributed by atoms with Crippen molar-refractivity contribution in [1.29, 1.82) is 0 Å². The van der Waals surface area contributed by atoms with Crippen molar-refractivity contribution in [2.75, 3.05) is 13.1 Å². The predicted molar refractivity (Wildman–Crippen MR) is 26.2 cm³/mol. The highest BCUT2D eigenvalue weighted by molar-refractivity contribution is 4.43. The Kier molecular flexibility index (Phi) is 3.14. The van der Waals surface area contributed by atoms with Gasteiger partial charge in [0, 0.05) is 0 Å². The largest absolute Gasteiger partial charge is 0.293 e. The minimum absolute atomic E-state index is 0.830. The van der Waals surface area contributed by atoms with E-state index in [9.17, 15) is 0 Å². The van der Waals surface area contributed by atoms with Gasteiger partial charge in [0.15, 0.2) is 0 Å². The Balaban J connectivity index is 2.75. The molecular weight excluding hydrogens is 74.1 g/mol. The van der Waals surface area contributed by atoms with E-state index in [1.54, 1.807) is 0 Å². The molecule has 0 aliphatic rings. The van der Waals surface area contributed by atoms with Gasteiger partial charge in [0.05, 0.1) is 7.05 Å². The van der Waals surface area contributed by atoms with Gasteiger partial charge in [0.2, 0.25) is 0 Å². The molecule has 35 valence electrons. The molecule has 0 amide bonds. The molecule has 0 aromatic rings. The van der Waals surface area contributed by atoms with Gasteiger partial charge in [-0.1, -0.05) is 13.8 Å². The molecule has 0 rings (SSSR count). The molecule has 0 N–H and O–H groups in total. The van der Waals surface area contributed by atoms with E-state index >= 15 is 0 Å². The third-order valence-corrected chi connectivity index (χ3v) is 0.763. The van der Waals surface area contributed by atoms with Gasteiger partial charge >= 0.3 is 0 Å². The highest BCUT2D eigenvalue weighted by Gasteiger charge is 1.83. The summed E-state index contributed by atoms with van der Waals surface area (Å²) in [4.78, 5) is 1.50. The van der Waals surface area contributed by atoms with E-state index < -0.39 is 0 Å². The monoisotopic (exact) mass is 84.1 g/mol. The molecule has 0 aliphatic heterocycles. The van der Waals surface area contributed by atoms with E-state index in [0.717, 1.165) is 13.1 Å². The van der Waals surface area contributed by atoms with Crippen LogP contribution < -0.4 is 0 Å². The molecule has 1 heteroatoms. The molecule has 6 heavy (non-hydrogen) atoms. The van der Waals surface area contributed by atoms with Gasteiger partial charge in [-0.15, -0.1) is 0 Å². The van der Waals surface area contributed by atoms with Gasteiger partial charge in [-0.2, -0.15) is 0 Å². The van der Waals surface area contributed by atoms with E-state index in [1.807, 2.05) is 13.8 Å². The molecule has 0 atom stereocenters. The first-order valence-electron chi connectivity index (χ1n) is 2.27. The number of hydrogen-bond donors (Lipinski definition) is 0. The quantitative estimate of drug-likeness (QED) is 0.480. The van der Waals surface area contributed by atoms with Crippen LogP contribution in [0.4, 0.5) is 0 Å². The normalized spacial score (nSPS) is 10.0. The molecule has 0 bridgehead atoms. The maximum absolute atomic E-state index is 6.90. The van der Waals surface area contributed by atoms with Crippen LogP contribution in [0.1, 0.15) is 13.8 Å². The fourth-order valence-electron chi connectivity index (χ4n) is 0.224. The Bertz CT molecular complexity index is 23.1. The minimum atomic E-state index is 0.830. The van der Waals surface area contributed by atoms with Crippen molar-refractivity contribution in [1.82, 2.24) is 4.90 Å². The van der Waals surface area contributed by atoms with Gasteiger partial charge in [0.1, 0.15) is 0 Å². The topological polar surface area (TPSA) is 3.24 Å². The van der Waals surface area contributed by atoms with Crippen LogP contribution >= 0.6 is 0 Å². The van der Waals surface area contributed by atoms with E-state index in [1.165, 1.54) is 4.90 Å². The Hall–Kier alpha value is -0.0400. The lowest BCUT2D eigenvalue weighted by atomic mass is 10.6. The Morgan fingerprint density at radius 3 is 1.67 bits per heavy atom. The van der Waals surface area contributed by atoms with Crippen LogP contribution in [0.25, 0.3) is 0 Å². The van der Waals surface area contributed by atoms with Gasteiger partial charge in [-0.25, -0.2) is 0 Å². The molecule has 0 aromatic heterocycles. The van der Waals surface area contributed by atoms with Crippen molar-refractivity contribution >= 4 is 0 Å². The molecule has 0 aromatic carbocycles. The van der Waals surface area contributed by atoms with Crippen molar-refractivity contribution in [2.24, 2.45) is 0 Å². The summed E-state index contributed by atoms with van der Waals surface area (Å²) >= 11 is 0. The zero-order valence-electron chi connectivity index (χ0n) is 4.36. The minimum Gasteiger partial charge on any atom is -0.293 e.